The molecule has 3 nitrogen and oxygen atoms in total. The SMILES string of the molecule is CC(C)CNCCOc1cncc(Cl)c1. The van der Waals surface area contributed by atoms with E-state index in [9.17, 15) is 0 Å². The van der Waals surface area contributed by atoms with Crippen LogP contribution >= 0.6 is 11.6 Å². The molecule has 1 heterocycles. The van der Waals surface area contributed by atoms with Gasteiger partial charge in [0.1, 0.15) is 12.4 Å². The van der Waals surface area contributed by atoms with E-state index in [4.69, 9.17) is 16.3 Å². The van der Waals surface area contributed by atoms with Gasteiger partial charge in [-0.3, -0.25) is 4.98 Å². The molecule has 84 valence electrons. The van der Waals surface area contributed by atoms with Crippen LogP contribution in [0.25, 0.3) is 0 Å². The highest BCUT2D eigenvalue weighted by atomic mass is 35.5. The highest BCUT2D eigenvalue weighted by Crippen LogP contribution is 2.14. The van der Waals surface area contributed by atoms with E-state index < -0.39 is 0 Å². The third-order valence-electron chi connectivity index (χ3n) is 1.78. The first kappa shape index (κ1) is 12.3. The van der Waals surface area contributed by atoms with E-state index in [1.807, 2.05) is 0 Å². The summed E-state index contributed by atoms with van der Waals surface area (Å²) in [6.45, 7) is 6.83. The van der Waals surface area contributed by atoms with Gasteiger partial charge in [-0.2, -0.15) is 0 Å². The topological polar surface area (TPSA) is 34.1 Å². The molecule has 4 heteroatoms. The Labute approximate surface area is 95.8 Å². The predicted octanol–water partition coefficient (Wildman–Crippen LogP) is 2.36. The molecule has 0 saturated carbocycles. The van der Waals surface area contributed by atoms with Gasteiger partial charge in [0.2, 0.25) is 0 Å². The zero-order valence-electron chi connectivity index (χ0n) is 9.16. The summed E-state index contributed by atoms with van der Waals surface area (Å²) in [5, 5.41) is 3.89. The number of nitrogens with one attached hydrogen (secondary N) is 1. The summed E-state index contributed by atoms with van der Waals surface area (Å²) in [5.74, 6) is 1.38. The summed E-state index contributed by atoms with van der Waals surface area (Å²) in [7, 11) is 0. The van der Waals surface area contributed by atoms with Crippen molar-refractivity contribution in [3.05, 3.63) is 23.5 Å². The molecule has 0 aromatic carbocycles. The first-order valence-corrected chi connectivity index (χ1v) is 5.50. The van der Waals surface area contributed by atoms with Crippen LogP contribution in [-0.4, -0.2) is 24.7 Å². The molecule has 15 heavy (non-hydrogen) atoms. The Morgan fingerprint density at radius 3 is 2.93 bits per heavy atom. The van der Waals surface area contributed by atoms with E-state index in [1.165, 1.54) is 0 Å². The second-order valence-corrected chi connectivity index (χ2v) is 4.22. The van der Waals surface area contributed by atoms with Crippen molar-refractivity contribution in [1.29, 1.82) is 0 Å². The molecule has 0 aliphatic carbocycles. The third kappa shape index (κ3) is 5.60. The standard InChI is InChI=1S/C11H17ClN2O/c1-9(2)6-13-3-4-15-11-5-10(12)7-14-8-11/h5,7-9,13H,3-4,6H2,1-2H3. The third-order valence-corrected chi connectivity index (χ3v) is 1.99. The number of hydrogen-bond donors (Lipinski definition) is 1. The van der Waals surface area contributed by atoms with Gasteiger partial charge >= 0.3 is 0 Å². The van der Waals surface area contributed by atoms with Crippen LogP contribution in [0.3, 0.4) is 0 Å². The van der Waals surface area contributed by atoms with E-state index in [1.54, 1.807) is 18.5 Å². The molecule has 0 amide bonds. The molecule has 1 rings (SSSR count). The van der Waals surface area contributed by atoms with Gasteiger partial charge in [0.15, 0.2) is 0 Å². The minimum absolute atomic E-state index is 0.600. The van der Waals surface area contributed by atoms with Crippen molar-refractivity contribution < 1.29 is 4.74 Å². The second-order valence-electron chi connectivity index (χ2n) is 3.79. The molecule has 0 atom stereocenters. The van der Waals surface area contributed by atoms with Gasteiger partial charge in [0, 0.05) is 18.8 Å². The Hall–Kier alpha value is -0.800. The van der Waals surface area contributed by atoms with Gasteiger partial charge in [-0.25, -0.2) is 0 Å². The van der Waals surface area contributed by atoms with E-state index in [2.05, 4.69) is 24.1 Å². The Morgan fingerprint density at radius 2 is 2.27 bits per heavy atom. The number of aromatic nitrogens is 1. The van der Waals surface area contributed by atoms with Crippen molar-refractivity contribution in [3.8, 4) is 5.75 Å². The zero-order valence-corrected chi connectivity index (χ0v) is 9.92. The maximum Gasteiger partial charge on any atom is 0.139 e. The monoisotopic (exact) mass is 228 g/mol. The second kappa shape index (κ2) is 6.64. The Morgan fingerprint density at radius 1 is 1.47 bits per heavy atom. The summed E-state index contributed by atoms with van der Waals surface area (Å²) in [5.41, 5.74) is 0. The normalized spacial score (nSPS) is 10.7. The van der Waals surface area contributed by atoms with Crippen molar-refractivity contribution in [3.63, 3.8) is 0 Å². The average molecular weight is 229 g/mol. The summed E-state index contributed by atoms with van der Waals surface area (Å²) < 4.78 is 5.46. The van der Waals surface area contributed by atoms with Crippen molar-refractivity contribution in [2.45, 2.75) is 13.8 Å². The van der Waals surface area contributed by atoms with E-state index in [0.29, 0.717) is 23.3 Å². The minimum atomic E-state index is 0.600. The molecular formula is C11H17ClN2O. The van der Waals surface area contributed by atoms with E-state index in [0.717, 1.165) is 13.1 Å². The molecule has 0 unspecified atom stereocenters. The molecule has 0 bridgehead atoms. The largest absolute Gasteiger partial charge is 0.491 e. The van der Waals surface area contributed by atoms with Gasteiger partial charge in [0.05, 0.1) is 11.2 Å². The van der Waals surface area contributed by atoms with Crippen LogP contribution in [0.1, 0.15) is 13.8 Å². The Bertz CT molecular complexity index is 292. The van der Waals surface area contributed by atoms with Crippen molar-refractivity contribution >= 4 is 11.6 Å². The van der Waals surface area contributed by atoms with Crippen LogP contribution in [0.2, 0.25) is 5.02 Å². The number of hydrogen-bond acceptors (Lipinski definition) is 3. The summed E-state index contributed by atoms with van der Waals surface area (Å²) in [4.78, 5) is 3.93. The fourth-order valence-electron chi connectivity index (χ4n) is 1.10. The number of ether oxygens (including phenoxy) is 1. The van der Waals surface area contributed by atoms with Gasteiger partial charge in [-0.15, -0.1) is 0 Å². The lowest BCUT2D eigenvalue weighted by atomic mass is 10.2. The smallest absolute Gasteiger partial charge is 0.139 e. The molecule has 1 aromatic rings. The van der Waals surface area contributed by atoms with Crippen LogP contribution in [0.15, 0.2) is 18.5 Å². The first-order chi connectivity index (χ1) is 7.18. The van der Waals surface area contributed by atoms with Gasteiger partial charge in [0.25, 0.3) is 0 Å². The molecule has 1 aromatic heterocycles. The van der Waals surface area contributed by atoms with Gasteiger partial charge < -0.3 is 10.1 Å². The molecule has 0 saturated heterocycles. The van der Waals surface area contributed by atoms with Crippen molar-refractivity contribution in [2.75, 3.05) is 19.7 Å². The molecule has 0 radical (unpaired) electrons. The lowest BCUT2D eigenvalue weighted by Gasteiger charge is -2.08. The molecule has 0 aliphatic heterocycles. The number of halogens is 1. The number of nitrogens with zero attached hydrogens (tertiary/aromatic N) is 1. The lowest BCUT2D eigenvalue weighted by molar-refractivity contribution is 0.310. The quantitative estimate of drug-likeness (QED) is 0.759. The van der Waals surface area contributed by atoms with Gasteiger partial charge in [-0.1, -0.05) is 25.4 Å². The first-order valence-electron chi connectivity index (χ1n) is 5.12. The van der Waals surface area contributed by atoms with Crippen LogP contribution in [0.4, 0.5) is 0 Å². The highest BCUT2D eigenvalue weighted by molar-refractivity contribution is 6.30. The number of rotatable bonds is 6. The molecule has 0 fully saturated rings. The Kier molecular flexibility index (Phi) is 5.43. The average Bonchev–Trinajstić information content (AvgIpc) is 2.17. The van der Waals surface area contributed by atoms with Crippen LogP contribution in [-0.2, 0) is 0 Å². The molecular weight excluding hydrogens is 212 g/mol. The lowest BCUT2D eigenvalue weighted by Crippen LogP contribution is -2.24. The fourth-order valence-corrected chi connectivity index (χ4v) is 1.27. The molecule has 0 spiro atoms. The molecule has 1 N–H and O–H groups in total. The minimum Gasteiger partial charge on any atom is -0.491 e. The molecule has 0 aliphatic rings. The maximum atomic E-state index is 5.77. The van der Waals surface area contributed by atoms with Crippen molar-refractivity contribution in [2.24, 2.45) is 5.92 Å². The van der Waals surface area contributed by atoms with Crippen molar-refractivity contribution in [1.82, 2.24) is 10.3 Å². The van der Waals surface area contributed by atoms with Gasteiger partial charge in [-0.05, 0) is 12.5 Å². The maximum absolute atomic E-state index is 5.77. The summed E-state index contributed by atoms with van der Waals surface area (Å²) in [6.07, 6.45) is 3.25. The van der Waals surface area contributed by atoms with E-state index in [-0.39, 0.29) is 0 Å². The van der Waals surface area contributed by atoms with Crippen LogP contribution in [0.5, 0.6) is 5.75 Å². The summed E-state index contributed by atoms with van der Waals surface area (Å²) in [6, 6.07) is 1.76. The zero-order chi connectivity index (χ0) is 11.1. The van der Waals surface area contributed by atoms with E-state index >= 15 is 0 Å². The number of pyridine rings is 1. The predicted molar refractivity (Wildman–Crippen MR) is 62.4 cm³/mol. The fraction of sp³-hybridized carbons (Fsp3) is 0.545. The van der Waals surface area contributed by atoms with Crippen LogP contribution in [0, 0.1) is 5.92 Å². The Balaban J connectivity index is 2.15. The van der Waals surface area contributed by atoms with Crippen LogP contribution < -0.4 is 10.1 Å². The summed E-state index contributed by atoms with van der Waals surface area (Å²) >= 11 is 5.77. The highest BCUT2D eigenvalue weighted by Gasteiger charge is 1.96.